The Morgan fingerprint density at radius 2 is 1.90 bits per heavy atom. The Balaban J connectivity index is 2.19. The lowest BCUT2D eigenvalue weighted by Crippen LogP contribution is -2.58. The Hall–Kier alpha value is -1.42. The highest BCUT2D eigenvalue weighted by molar-refractivity contribution is 7.80. The summed E-state index contributed by atoms with van der Waals surface area (Å²) in [6.45, 7) is 6.28. The summed E-state index contributed by atoms with van der Waals surface area (Å²) in [5.74, 6) is 0.589. The number of rotatable bonds is 3. The number of aryl methyl sites for hydroxylation is 2. The lowest BCUT2D eigenvalue weighted by atomic mass is 9.77. The van der Waals surface area contributed by atoms with Crippen LogP contribution in [0.1, 0.15) is 54.1 Å². The first kappa shape index (κ1) is 16.0. The fourth-order valence-electron chi connectivity index (χ4n) is 2.86. The summed E-state index contributed by atoms with van der Waals surface area (Å²) in [4.78, 5) is 13.0. The molecule has 1 saturated carbocycles. The molecule has 0 heterocycles. The number of thiocarbonyl (C=S) groups is 1. The van der Waals surface area contributed by atoms with Crippen molar-refractivity contribution in [1.29, 1.82) is 0 Å². The molecule has 1 aliphatic rings. The van der Waals surface area contributed by atoms with Gasteiger partial charge in [0.1, 0.15) is 0 Å². The zero-order valence-electron chi connectivity index (χ0n) is 13.0. The van der Waals surface area contributed by atoms with Gasteiger partial charge in [-0.3, -0.25) is 4.79 Å². The lowest BCUT2D eigenvalue weighted by molar-refractivity contribution is 0.0900. The number of carbonyl (C=O) groups excluding carboxylic acids is 1. The minimum absolute atomic E-state index is 0.0829. The van der Waals surface area contributed by atoms with Gasteiger partial charge in [0.05, 0.1) is 10.5 Å². The molecule has 4 heteroatoms. The molecule has 0 spiro atoms. The van der Waals surface area contributed by atoms with E-state index in [9.17, 15) is 4.79 Å². The highest BCUT2D eigenvalue weighted by Crippen LogP contribution is 2.32. The second-order valence-corrected chi connectivity index (χ2v) is 6.82. The van der Waals surface area contributed by atoms with Gasteiger partial charge in [0.15, 0.2) is 0 Å². The molecule has 1 fully saturated rings. The van der Waals surface area contributed by atoms with Gasteiger partial charge in [-0.05, 0) is 68.7 Å². The first-order valence-corrected chi connectivity index (χ1v) is 7.94. The predicted molar refractivity (Wildman–Crippen MR) is 90.5 cm³/mol. The highest BCUT2D eigenvalue weighted by Gasteiger charge is 2.38. The summed E-state index contributed by atoms with van der Waals surface area (Å²) in [6.07, 6.45) is 3.76. The number of amides is 1. The molecule has 3 nitrogen and oxygen atoms in total. The first-order valence-electron chi connectivity index (χ1n) is 7.54. The van der Waals surface area contributed by atoms with Crippen molar-refractivity contribution in [2.75, 3.05) is 0 Å². The maximum atomic E-state index is 12.5. The smallest absolute Gasteiger partial charge is 0.252 e. The van der Waals surface area contributed by atoms with E-state index in [0.717, 1.165) is 31.2 Å². The summed E-state index contributed by atoms with van der Waals surface area (Å²) in [6, 6.07) is 5.75. The maximum absolute atomic E-state index is 12.5. The fourth-order valence-corrected chi connectivity index (χ4v) is 3.12. The van der Waals surface area contributed by atoms with E-state index in [4.69, 9.17) is 18.0 Å². The third-order valence-electron chi connectivity index (χ3n) is 4.72. The highest BCUT2D eigenvalue weighted by atomic mass is 32.1. The van der Waals surface area contributed by atoms with Crippen LogP contribution in [0, 0.1) is 19.8 Å². The van der Waals surface area contributed by atoms with Crippen LogP contribution in [0.2, 0.25) is 0 Å². The second-order valence-electron chi connectivity index (χ2n) is 6.38. The normalized spacial score (nSPS) is 25.4. The average molecular weight is 304 g/mol. The Labute approximate surface area is 132 Å². The van der Waals surface area contributed by atoms with E-state index in [1.165, 1.54) is 5.56 Å². The van der Waals surface area contributed by atoms with Crippen LogP contribution in [0.5, 0.6) is 0 Å². The molecule has 1 amide bonds. The summed E-state index contributed by atoms with van der Waals surface area (Å²) < 4.78 is 0. The number of hydrogen-bond acceptors (Lipinski definition) is 2. The average Bonchev–Trinajstić information content (AvgIpc) is 2.44. The number of nitrogens with two attached hydrogens (primary N) is 1. The van der Waals surface area contributed by atoms with Crippen LogP contribution < -0.4 is 11.1 Å². The van der Waals surface area contributed by atoms with E-state index in [2.05, 4.69) is 12.2 Å². The summed E-state index contributed by atoms with van der Waals surface area (Å²) in [5, 5.41) is 3.11. The number of hydrogen-bond donors (Lipinski definition) is 2. The molecule has 0 atom stereocenters. The fraction of sp³-hybridized carbons (Fsp3) is 0.529. The lowest BCUT2D eigenvalue weighted by Gasteiger charge is -2.39. The molecule has 1 aromatic carbocycles. The SMILES string of the molecule is Cc1ccc(C(=O)NC2(C(N)=S)CCC(C)CC2)cc1C. The Morgan fingerprint density at radius 1 is 1.29 bits per heavy atom. The molecule has 2 rings (SSSR count). The van der Waals surface area contributed by atoms with Crippen LogP contribution >= 0.6 is 12.2 Å². The molecule has 0 saturated heterocycles. The van der Waals surface area contributed by atoms with Crippen LogP contribution in [-0.2, 0) is 0 Å². The second kappa shape index (κ2) is 6.14. The van der Waals surface area contributed by atoms with E-state index in [1.807, 2.05) is 32.0 Å². The monoisotopic (exact) mass is 304 g/mol. The molecule has 1 aromatic rings. The third-order valence-corrected chi connectivity index (χ3v) is 5.11. The van der Waals surface area contributed by atoms with Crippen LogP contribution in [0.4, 0.5) is 0 Å². The van der Waals surface area contributed by atoms with Gasteiger partial charge < -0.3 is 11.1 Å². The van der Waals surface area contributed by atoms with Crippen molar-refractivity contribution in [2.24, 2.45) is 11.7 Å². The van der Waals surface area contributed by atoms with Gasteiger partial charge >= 0.3 is 0 Å². The molecular weight excluding hydrogens is 280 g/mol. The standard InChI is InChI=1S/C17H24N2OS/c1-11-6-8-17(9-7-11,16(18)21)19-15(20)14-5-4-12(2)13(3)10-14/h4-5,10-11H,6-9H2,1-3H3,(H2,18,21)(H,19,20). The molecule has 3 N–H and O–H groups in total. The predicted octanol–water partition coefficient (Wildman–Crippen LogP) is 3.27. The van der Waals surface area contributed by atoms with Crippen molar-refractivity contribution in [3.05, 3.63) is 34.9 Å². The zero-order chi connectivity index (χ0) is 15.6. The van der Waals surface area contributed by atoms with Gasteiger partial charge in [-0.1, -0.05) is 25.2 Å². The van der Waals surface area contributed by atoms with Gasteiger partial charge in [-0.15, -0.1) is 0 Å². The summed E-state index contributed by atoms with van der Waals surface area (Å²) in [5.41, 5.74) is 8.40. The minimum atomic E-state index is -0.516. The topological polar surface area (TPSA) is 55.1 Å². The molecule has 0 bridgehead atoms. The van der Waals surface area contributed by atoms with Gasteiger partial charge in [-0.2, -0.15) is 0 Å². The van der Waals surface area contributed by atoms with Crippen LogP contribution in [0.25, 0.3) is 0 Å². The van der Waals surface area contributed by atoms with Gasteiger partial charge in [0, 0.05) is 5.56 Å². The number of nitrogens with one attached hydrogen (secondary N) is 1. The molecule has 114 valence electrons. The van der Waals surface area contributed by atoms with Crippen molar-refractivity contribution in [1.82, 2.24) is 5.32 Å². The van der Waals surface area contributed by atoms with E-state index in [1.54, 1.807) is 0 Å². The first-order chi connectivity index (χ1) is 9.84. The molecular formula is C17H24N2OS. The van der Waals surface area contributed by atoms with Crippen LogP contribution in [0.15, 0.2) is 18.2 Å². The van der Waals surface area contributed by atoms with Crippen molar-refractivity contribution >= 4 is 23.1 Å². The van der Waals surface area contributed by atoms with E-state index < -0.39 is 5.54 Å². The maximum Gasteiger partial charge on any atom is 0.252 e. The van der Waals surface area contributed by atoms with Crippen LogP contribution in [-0.4, -0.2) is 16.4 Å². The third kappa shape index (κ3) is 3.43. The van der Waals surface area contributed by atoms with Crippen molar-refractivity contribution in [2.45, 2.75) is 52.0 Å². The van der Waals surface area contributed by atoms with Crippen LogP contribution in [0.3, 0.4) is 0 Å². The van der Waals surface area contributed by atoms with Gasteiger partial charge in [-0.25, -0.2) is 0 Å². The van der Waals surface area contributed by atoms with Gasteiger partial charge in [0.25, 0.3) is 5.91 Å². The number of benzene rings is 1. The quantitative estimate of drug-likeness (QED) is 0.843. The van der Waals surface area contributed by atoms with Crippen molar-refractivity contribution in [3.8, 4) is 0 Å². The van der Waals surface area contributed by atoms with Crippen molar-refractivity contribution < 1.29 is 4.79 Å². The molecule has 0 aliphatic heterocycles. The van der Waals surface area contributed by atoms with E-state index in [-0.39, 0.29) is 5.91 Å². The van der Waals surface area contributed by atoms with Gasteiger partial charge in [0.2, 0.25) is 0 Å². The van der Waals surface area contributed by atoms with E-state index in [0.29, 0.717) is 16.5 Å². The molecule has 0 unspecified atom stereocenters. The molecule has 21 heavy (non-hydrogen) atoms. The van der Waals surface area contributed by atoms with E-state index >= 15 is 0 Å². The Morgan fingerprint density at radius 3 is 2.43 bits per heavy atom. The zero-order valence-corrected chi connectivity index (χ0v) is 13.8. The molecule has 0 radical (unpaired) electrons. The Kier molecular flexibility index (Phi) is 4.67. The molecule has 1 aliphatic carbocycles. The summed E-state index contributed by atoms with van der Waals surface area (Å²) >= 11 is 5.24. The molecule has 0 aromatic heterocycles. The van der Waals surface area contributed by atoms with Crippen molar-refractivity contribution in [3.63, 3.8) is 0 Å². The minimum Gasteiger partial charge on any atom is -0.391 e. The Bertz CT molecular complexity index is 560. The summed E-state index contributed by atoms with van der Waals surface area (Å²) in [7, 11) is 0. The number of carbonyl (C=O) groups is 1. The largest absolute Gasteiger partial charge is 0.391 e.